The molecule has 0 aromatic heterocycles. The number of halogens is 6. The van der Waals surface area contributed by atoms with E-state index in [1.807, 2.05) is 11.8 Å². The van der Waals surface area contributed by atoms with Gasteiger partial charge in [-0.05, 0) is 47.7 Å². The van der Waals surface area contributed by atoms with Crippen LogP contribution in [-0.4, -0.2) is 45.2 Å². The normalized spacial score (nSPS) is 12.8. The molecule has 0 saturated heterocycles. The summed E-state index contributed by atoms with van der Waals surface area (Å²) in [7, 11) is -3.86. The number of carbonyl (C=O) groups excluding carboxylic acids is 1. The molecule has 0 saturated carbocycles. The van der Waals surface area contributed by atoms with Gasteiger partial charge in [0.15, 0.2) is 9.84 Å². The SMILES string of the molecule is CC(=O)NCc1c(F)cc(OCCCN(Cc2cccc(C(F)(F)F)c2Cl)CC(C)c2ccc(F)cc2)cc1S(C)(=O)=O. The number of benzene rings is 3. The third-order valence-electron chi connectivity index (χ3n) is 6.68. The van der Waals surface area contributed by atoms with Crippen molar-refractivity contribution >= 4 is 27.3 Å². The maximum Gasteiger partial charge on any atom is 0.417 e. The highest BCUT2D eigenvalue weighted by molar-refractivity contribution is 7.90. The van der Waals surface area contributed by atoms with Crippen molar-refractivity contribution in [3.63, 3.8) is 0 Å². The van der Waals surface area contributed by atoms with Crippen molar-refractivity contribution in [3.8, 4) is 5.75 Å². The molecule has 0 spiro atoms. The van der Waals surface area contributed by atoms with Gasteiger partial charge in [0.1, 0.15) is 17.4 Å². The average molecular weight is 647 g/mol. The van der Waals surface area contributed by atoms with E-state index in [0.717, 1.165) is 24.0 Å². The first-order chi connectivity index (χ1) is 20.1. The third kappa shape index (κ3) is 9.90. The number of sulfone groups is 1. The summed E-state index contributed by atoms with van der Waals surface area (Å²) in [6, 6.07) is 11.9. The molecule has 43 heavy (non-hydrogen) atoms. The summed E-state index contributed by atoms with van der Waals surface area (Å²) in [5.74, 6) is -1.85. The van der Waals surface area contributed by atoms with Gasteiger partial charge in [-0.25, -0.2) is 17.2 Å². The number of hydrogen-bond donors (Lipinski definition) is 1. The molecule has 1 N–H and O–H groups in total. The Morgan fingerprint density at radius 2 is 1.77 bits per heavy atom. The molecular weight excluding hydrogens is 615 g/mol. The van der Waals surface area contributed by atoms with Gasteiger partial charge in [-0.1, -0.05) is 42.8 Å². The summed E-state index contributed by atoms with van der Waals surface area (Å²) in [6.07, 6.45) is -3.36. The van der Waals surface area contributed by atoms with Crippen LogP contribution in [0.4, 0.5) is 22.0 Å². The van der Waals surface area contributed by atoms with Crippen LogP contribution in [0.3, 0.4) is 0 Å². The van der Waals surface area contributed by atoms with Gasteiger partial charge < -0.3 is 10.1 Å². The van der Waals surface area contributed by atoms with Crippen molar-refractivity contribution in [2.24, 2.45) is 0 Å². The molecule has 3 rings (SSSR count). The Labute approximate surface area is 252 Å². The van der Waals surface area contributed by atoms with Crippen LogP contribution in [0.15, 0.2) is 59.5 Å². The molecule has 1 unspecified atom stereocenters. The van der Waals surface area contributed by atoms with Crippen molar-refractivity contribution in [1.82, 2.24) is 10.2 Å². The molecule has 0 aliphatic carbocycles. The lowest BCUT2D eigenvalue weighted by Crippen LogP contribution is -2.30. The van der Waals surface area contributed by atoms with Crippen molar-refractivity contribution in [3.05, 3.63) is 93.5 Å². The van der Waals surface area contributed by atoms with E-state index in [-0.39, 0.29) is 53.2 Å². The number of ether oxygens (including phenoxy) is 1. The lowest BCUT2D eigenvalue weighted by atomic mass is 10.00. The first kappa shape index (κ1) is 34.3. The van der Waals surface area contributed by atoms with Crippen molar-refractivity contribution in [1.29, 1.82) is 0 Å². The zero-order chi connectivity index (χ0) is 31.9. The maximum absolute atomic E-state index is 14.8. The van der Waals surface area contributed by atoms with Crippen LogP contribution in [0.2, 0.25) is 5.02 Å². The van der Waals surface area contributed by atoms with Crippen LogP contribution in [0, 0.1) is 11.6 Å². The smallest absolute Gasteiger partial charge is 0.417 e. The van der Waals surface area contributed by atoms with Crippen LogP contribution < -0.4 is 10.1 Å². The molecule has 1 atom stereocenters. The summed E-state index contributed by atoms with van der Waals surface area (Å²) in [4.78, 5) is 12.8. The average Bonchev–Trinajstić information content (AvgIpc) is 2.90. The predicted octanol–water partition coefficient (Wildman–Crippen LogP) is 6.75. The van der Waals surface area contributed by atoms with Crippen LogP contribution in [0.1, 0.15) is 48.4 Å². The summed E-state index contributed by atoms with van der Waals surface area (Å²) >= 11 is 6.15. The standard InChI is InChI=1S/C30H32ClF5N2O4S/c1-19(21-8-10-23(32)11-9-21)17-38(18-22-6-4-7-26(29(22)31)30(34,35)36)12-5-13-42-24-14-27(33)25(16-37-20(2)39)28(15-24)43(3,40)41/h4,6-11,14-15,19H,5,12-13,16-18H2,1-3H3,(H,37,39). The molecule has 0 radical (unpaired) electrons. The molecule has 3 aromatic carbocycles. The topological polar surface area (TPSA) is 75.7 Å². The largest absolute Gasteiger partial charge is 0.493 e. The van der Waals surface area contributed by atoms with E-state index in [1.165, 1.54) is 37.3 Å². The Morgan fingerprint density at radius 1 is 1.09 bits per heavy atom. The van der Waals surface area contributed by atoms with Crippen molar-refractivity contribution < 1.29 is 39.9 Å². The van der Waals surface area contributed by atoms with Gasteiger partial charge in [-0.15, -0.1) is 0 Å². The first-order valence-electron chi connectivity index (χ1n) is 13.3. The summed E-state index contributed by atoms with van der Waals surface area (Å²) in [5, 5.41) is 1.99. The highest BCUT2D eigenvalue weighted by Crippen LogP contribution is 2.37. The highest BCUT2D eigenvalue weighted by Gasteiger charge is 2.34. The van der Waals surface area contributed by atoms with Crippen LogP contribution in [-0.2, 0) is 33.9 Å². The zero-order valence-corrected chi connectivity index (χ0v) is 25.3. The van der Waals surface area contributed by atoms with Crippen LogP contribution in [0.25, 0.3) is 0 Å². The minimum Gasteiger partial charge on any atom is -0.493 e. The number of rotatable bonds is 13. The minimum absolute atomic E-state index is 0.0309. The molecule has 0 bridgehead atoms. The number of carbonyl (C=O) groups is 1. The zero-order valence-electron chi connectivity index (χ0n) is 23.8. The number of alkyl halides is 3. The second-order valence-corrected chi connectivity index (χ2v) is 12.6. The molecule has 6 nitrogen and oxygen atoms in total. The first-order valence-corrected chi connectivity index (χ1v) is 15.5. The van der Waals surface area contributed by atoms with E-state index >= 15 is 0 Å². The Kier molecular flexibility index (Phi) is 11.6. The molecule has 0 fully saturated rings. The van der Waals surface area contributed by atoms with E-state index in [0.29, 0.717) is 19.5 Å². The van der Waals surface area contributed by atoms with Crippen molar-refractivity contribution in [2.45, 2.75) is 50.3 Å². The Bertz CT molecular complexity index is 1530. The van der Waals surface area contributed by atoms with Gasteiger partial charge in [0, 0.05) is 51.0 Å². The molecule has 0 heterocycles. The summed E-state index contributed by atoms with van der Waals surface area (Å²) < 4.78 is 98.9. The molecule has 0 aliphatic rings. The van der Waals surface area contributed by atoms with Crippen LogP contribution in [0.5, 0.6) is 5.75 Å². The van der Waals surface area contributed by atoms with Gasteiger partial charge in [-0.3, -0.25) is 9.69 Å². The fraction of sp³-hybridized carbons (Fsp3) is 0.367. The van der Waals surface area contributed by atoms with Gasteiger partial charge in [0.2, 0.25) is 5.91 Å². The predicted molar refractivity (Wildman–Crippen MR) is 154 cm³/mol. The number of amides is 1. The fourth-order valence-corrected chi connectivity index (χ4v) is 5.79. The third-order valence-corrected chi connectivity index (χ3v) is 8.29. The van der Waals surface area contributed by atoms with E-state index in [4.69, 9.17) is 16.3 Å². The van der Waals surface area contributed by atoms with E-state index < -0.39 is 38.3 Å². The van der Waals surface area contributed by atoms with Gasteiger partial charge in [0.25, 0.3) is 0 Å². The number of hydrogen-bond acceptors (Lipinski definition) is 5. The Morgan fingerprint density at radius 3 is 2.37 bits per heavy atom. The number of nitrogens with one attached hydrogen (secondary N) is 1. The van der Waals surface area contributed by atoms with Gasteiger partial charge >= 0.3 is 6.18 Å². The number of nitrogens with zero attached hydrogens (tertiary/aromatic N) is 1. The van der Waals surface area contributed by atoms with Gasteiger partial charge in [0.05, 0.1) is 22.1 Å². The minimum atomic E-state index is -4.62. The van der Waals surface area contributed by atoms with Crippen molar-refractivity contribution in [2.75, 3.05) is 26.0 Å². The molecule has 0 aliphatic heterocycles. The highest BCUT2D eigenvalue weighted by atomic mass is 35.5. The Balaban J connectivity index is 1.77. The summed E-state index contributed by atoms with van der Waals surface area (Å²) in [5.41, 5.74) is -0.0181. The van der Waals surface area contributed by atoms with Crippen LogP contribution >= 0.6 is 11.6 Å². The van der Waals surface area contributed by atoms with E-state index in [1.54, 1.807) is 12.1 Å². The lowest BCUT2D eigenvalue weighted by molar-refractivity contribution is -0.137. The molecular formula is C30H32ClF5N2O4S. The maximum atomic E-state index is 14.8. The monoisotopic (exact) mass is 646 g/mol. The second-order valence-electron chi connectivity index (χ2n) is 10.2. The Hall–Kier alpha value is -3.22. The molecule has 3 aromatic rings. The van der Waals surface area contributed by atoms with E-state index in [2.05, 4.69) is 5.32 Å². The second kappa shape index (κ2) is 14.5. The molecule has 13 heteroatoms. The molecule has 234 valence electrons. The molecule has 1 amide bonds. The van der Waals surface area contributed by atoms with Gasteiger partial charge in [-0.2, -0.15) is 13.2 Å². The quantitative estimate of drug-likeness (QED) is 0.164. The fourth-order valence-electron chi connectivity index (χ4n) is 4.55. The lowest BCUT2D eigenvalue weighted by Gasteiger charge is -2.27. The van der Waals surface area contributed by atoms with E-state index in [9.17, 15) is 35.2 Å². The summed E-state index contributed by atoms with van der Waals surface area (Å²) in [6.45, 7) is 3.65.